The number of aromatic nitrogens is 1. The average Bonchev–Trinajstić information content (AvgIpc) is 2.16. The van der Waals surface area contributed by atoms with Crippen molar-refractivity contribution in [2.45, 2.75) is 11.8 Å². The smallest absolute Gasteiger partial charge is 0.263 e. The Hall–Kier alpha value is -1.54. The average molecular weight is 196 g/mol. The van der Waals surface area contributed by atoms with E-state index in [0.717, 1.165) is 0 Å². The Kier molecular flexibility index (Phi) is 2.88. The van der Waals surface area contributed by atoms with Crippen molar-refractivity contribution < 1.29 is 8.42 Å². The summed E-state index contributed by atoms with van der Waals surface area (Å²) in [4.78, 5) is 3.80. The minimum atomic E-state index is -3.51. The zero-order valence-electron chi connectivity index (χ0n) is 6.98. The quantitative estimate of drug-likeness (QED) is 0.548. The van der Waals surface area contributed by atoms with E-state index in [1.807, 2.05) is 0 Å². The van der Waals surface area contributed by atoms with Crippen molar-refractivity contribution in [3.8, 4) is 12.0 Å². The third-order valence-corrected chi connectivity index (χ3v) is 2.49. The lowest BCUT2D eigenvalue weighted by molar-refractivity contribution is 0.591. The van der Waals surface area contributed by atoms with Crippen molar-refractivity contribution in [1.29, 1.82) is 0 Å². The van der Waals surface area contributed by atoms with Gasteiger partial charge in [0, 0.05) is 18.4 Å². The first kappa shape index (κ1) is 9.55. The highest BCUT2D eigenvalue weighted by Crippen LogP contribution is 2.03. The molecule has 4 nitrogen and oxygen atoms in total. The van der Waals surface area contributed by atoms with Crippen LogP contribution in [0.15, 0.2) is 29.4 Å². The summed E-state index contributed by atoms with van der Waals surface area (Å²) in [5, 5.41) is 0. The molecule has 0 aliphatic carbocycles. The van der Waals surface area contributed by atoms with Gasteiger partial charge in [-0.2, -0.15) is 0 Å². The van der Waals surface area contributed by atoms with Crippen LogP contribution >= 0.6 is 0 Å². The van der Waals surface area contributed by atoms with E-state index in [4.69, 9.17) is 0 Å². The maximum atomic E-state index is 11.3. The second-order valence-electron chi connectivity index (χ2n) is 2.17. The first-order valence-corrected chi connectivity index (χ1v) is 4.99. The summed E-state index contributed by atoms with van der Waals surface area (Å²) < 4.78 is 24.8. The molecule has 0 saturated heterocycles. The molecule has 0 aliphatic heterocycles. The van der Waals surface area contributed by atoms with Gasteiger partial charge in [0.15, 0.2) is 0 Å². The van der Waals surface area contributed by atoms with E-state index < -0.39 is 10.0 Å². The summed E-state index contributed by atoms with van der Waals surface area (Å²) >= 11 is 0. The predicted octanol–water partition coefficient (Wildman–Crippen LogP) is 0.341. The molecule has 0 aromatic carbocycles. The van der Waals surface area contributed by atoms with Crippen molar-refractivity contribution >= 4 is 10.0 Å². The Labute approximate surface area is 77.1 Å². The molecule has 0 atom stereocenters. The van der Waals surface area contributed by atoms with Crippen molar-refractivity contribution in [3.05, 3.63) is 24.5 Å². The standard InChI is InChI=1S/C8H8N2O2S/c1-2-5-10-13(11,12)8-4-3-6-9-7-8/h3-4,6-7,10H,1H3. The lowest BCUT2D eigenvalue weighted by Crippen LogP contribution is -2.18. The van der Waals surface area contributed by atoms with Gasteiger partial charge >= 0.3 is 0 Å². The molecule has 5 heteroatoms. The summed E-state index contributed by atoms with van der Waals surface area (Å²) in [7, 11) is -3.51. The van der Waals surface area contributed by atoms with Gasteiger partial charge in [0.25, 0.3) is 10.0 Å². The fourth-order valence-corrected chi connectivity index (χ4v) is 1.49. The number of sulfonamides is 1. The Morgan fingerprint density at radius 2 is 2.31 bits per heavy atom. The van der Waals surface area contributed by atoms with Gasteiger partial charge in [-0.1, -0.05) is 5.92 Å². The minimum Gasteiger partial charge on any atom is -0.263 e. The molecule has 0 saturated carbocycles. The van der Waals surface area contributed by atoms with E-state index >= 15 is 0 Å². The van der Waals surface area contributed by atoms with Crippen LogP contribution < -0.4 is 4.72 Å². The normalized spacial score (nSPS) is 9.92. The summed E-state index contributed by atoms with van der Waals surface area (Å²) in [5.74, 6) is 2.43. The monoisotopic (exact) mass is 196 g/mol. The first-order chi connectivity index (χ1) is 6.17. The molecule has 0 radical (unpaired) electrons. The Morgan fingerprint density at radius 3 is 2.85 bits per heavy atom. The maximum Gasteiger partial charge on any atom is 0.270 e. The molecule has 0 amide bonds. The van der Waals surface area contributed by atoms with Crippen LogP contribution in [0.1, 0.15) is 6.92 Å². The van der Waals surface area contributed by atoms with Crippen LogP contribution in [0.4, 0.5) is 0 Å². The van der Waals surface area contributed by atoms with Gasteiger partial charge in [0.05, 0.1) is 0 Å². The highest BCUT2D eigenvalue weighted by Gasteiger charge is 2.10. The number of nitrogens with one attached hydrogen (secondary N) is 1. The van der Waals surface area contributed by atoms with Crippen LogP contribution in [0.2, 0.25) is 0 Å². The van der Waals surface area contributed by atoms with Crippen LogP contribution in [0.3, 0.4) is 0 Å². The van der Waals surface area contributed by atoms with Gasteiger partial charge in [-0.15, -0.1) is 0 Å². The van der Waals surface area contributed by atoms with E-state index in [-0.39, 0.29) is 4.90 Å². The molecule has 1 N–H and O–H groups in total. The van der Waals surface area contributed by atoms with Crippen molar-refractivity contribution in [3.63, 3.8) is 0 Å². The first-order valence-electron chi connectivity index (χ1n) is 3.50. The molecule has 0 aliphatic rings. The molecular formula is C8H8N2O2S. The Bertz CT molecular complexity index is 428. The number of pyridine rings is 1. The topological polar surface area (TPSA) is 59.1 Å². The SMILES string of the molecule is CC#CNS(=O)(=O)c1cccnc1. The molecule has 0 bridgehead atoms. The third-order valence-electron chi connectivity index (χ3n) is 1.26. The van der Waals surface area contributed by atoms with E-state index in [1.165, 1.54) is 18.5 Å². The molecule has 1 aromatic rings. The molecule has 1 heterocycles. The van der Waals surface area contributed by atoms with Crippen LogP contribution in [-0.2, 0) is 10.0 Å². The Morgan fingerprint density at radius 1 is 1.54 bits per heavy atom. The number of nitrogens with zero attached hydrogens (tertiary/aromatic N) is 1. The lowest BCUT2D eigenvalue weighted by Gasteiger charge is -1.99. The zero-order valence-corrected chi connectivity index (χ0v) is 7.80. The summed E-state index contributed by atoms with van der Waals surface area (Å²) in [6.07, 6.45) is 2.77. The van der Waals surface area contributed by atoms with Crippen LogP contribution in [-0.4, -0.2) is 13.4 Å². The molecule has 13 heavy (non-hydrogen) atoms. The second kappa shape index (κ2) is 3.92. The van der Waals surface area contributed by atoms with E-state index in [9.17, 15) is 8.42 Å². The van der Waals surface area contributed by atoms with Gasteiger partial charge in [-0.3, -0.25) is 4.98 Å². The fourth-order valence-electron chi connectivity index (χ4n) is 0.683. The maximum absolute atomic E-state index is 11.3. The molecule has 0 unspecified atom stereocenters. The van der Waals surface area contributed by atoms with Crippen LogP contribution in [0, 0.1) is 12.0 Å². The molecular weight excluding hydrogens is 188 g/mol. The van der Waals surface area contributed by atoms with Gasteiger partial charge in [0.1, 0.15) is 4.90 Å². The molecule has 1 aromatic heterocycles. The van der Waals surface area contributed by atoms with Crippen LogP contribution in [0.25, 0.3) is 0 Å². The van der Waals surface area contributed by atoms with Crippen molar-refractivity contribution in [2.24, 2.45) is 0 Å². The molecule has 1 rings (SSSR count). The summed E-state index contributed by atoms with van der Waals surface area (Å²) in [5.41, 5.74) is 0. The van der Waals surface area contributed by atoms with E-state index in [2.05, 4.69) is 21.7 Å². The van der Waals surface area contributed by atoms with E-state index in [1.54, 1.807) is 13.0 Å². The largest absolute Gasteiger partial charge is 0.270 e. The highest BCUT2D eigenvalue weighted by molar-refractivity contribution is 7.89. The summed E-state index contributed by atoms with van der Waals surface area (Å²) in [6, 6.07) is 5.27. The number of hydrogen-bond donors (Lipinski definition) is 1. The number of hydrogen-bond acceptors (Lipinski definition) is 3. The highest BCUT2D eigenvalue weighted by atomic mass is 32.2. The predicted molar refractivity (Wildman–Crippen MR) is 48.0 cm³/mol. The van der Waals surface area contributed by atoms with Crippen molar-refractivity contribution in [2.75, 3.05) is 0 Å². The van der Waals surface area contributed by atoms with Crippen molar-refractivity contribution in [1.82, 2.24) is 9.71 Å². The number of rotatable bonds is 2. The second-order valence-corrected chi connectivity index (χ2v) is 3.85. The molecule has 68 valence electrons. The fraction of sp³-hybridized carbons (Fsp3) is 0.125. The Balaban J connectivity index is 3.00. The van der Waals surface area contributed by atoms with Gasteiger partial charge < -0.3 is 0 Å². The van der Waals surface area contributed by atoms with Gasteiger partial charge in [-0.25, -0.2) is 13.1 Å². The minimum absolute atomic E-state index is 0.109. The zero-order chi connectivity index (χ0) is 9.73. The van der Waals surface area contributed by atoms with Crippen LogP contribution in [0.5, 0.6) is 0 Å². The van der Waals surface area contributed by atoms with E-state index in [0.29, 0.717) is 0 Å². The lowest BCUT2D eigenvalue weighted by atomic mass is 10.5. The molecule has 0 fully saturated rings. The molecule has 0 spiro atoms. The van der Waals surface area contributed by atoms with Gasteiger partial charge in [-0.05, 0) is 19.1 Å². The summed E-state index contributed by atoms with van der Waals surface area (Å²) in [6.45, 7) is 1.55. The third kappa shape index (κ3) is 2.46. The van der Waals surface area contributed by atoms with Gasteiger partial charge in [0.2, 0.25) is 0 Å².